The van der Waals surface area contributed by atoms with E-state index < -0.39 is 6.17 Å². The topological polar surface area (TPSA) is 12.0 Å². The molecule has 0 aromatic rings. The maximum atomic E-state index is 12.9. The van der Waals surface area contributed by atoms with Gasteiger partial charge in [0, 0.05) is 12.1 Å². The molecule has 14 heavy (non-hydrogen) atoms. The molecule has 2 aliphatic carbocycles. The van der Waals surface area contributed by atoms with E-state index in [4.69, 9.17) is 0 Å². The molecule has 0 aromatic carbocycles. The van der Waals surface area contributed by atoms with E-state index >= 15 is 0 Å². The summed E-state index contributed by atoms with van der Waals surface area (Å²) in [4.78, 5) is 0. The Morgan fingerprint density at radius 1 is 0.714 bits per heavy atom. The van der Waals surface area contributed by atoms with Crippen LogP contribution in [0.5, 0.6) is 0 Å². The van der Waals surface area contributed by atoms with E-state index in [1.165, 1.54) is 32.1 Å². The van der Waals surface area contributed by atoms with Crippen LogP contribution in [0.25, 0.3) is 0 Å². The minimum Gasteiger partial charge on any atom is -0.311 e. The first kappa shape index (κ1) is 10.4. The van der Waals surface area contributed by atoms with E-state index in [0.717, 1.165) is 31.7 Å². The molecule has 0 spiro atoms. The van der Waals surface area contributed by atoms with Crippen molar-refractivity contribution in [2.45, 2.75) is 76.0 Å². The molecule has 82 valence electrons. The molecule has 1 nitrogen and oxygen atoms in total. The van der Waals surface area contributed by atoms with Crippen molar-refractivity contribution in [1.82, 2.24) is 5.32 Å². The van der Waals surface area contributed by atoms with Crippen molar-refractivity contribution in [3.63, 3.8) is 0 Å². The number of halogens is 1. The zero-order valence-corrected chi connectivity index (χ0v) is 8.97. The number of hydrogen-bond donors (Lipinski definition) is 1. The summed E-state index contributed by atoms with van der Waals surface area (Å²) in [6.07, 6.45) is 10.0. The van der Waals surface area contributed by atoms with Crippen molar-refractivity contribution in [2.24, 2.45) is 0 Å². The summed E-state index contributed by atoms with van der Waals surface area (Å²) in [5.74, 6) is 0. The summed E-state index contributed by atoms with van der Waals surface area (Å²) in [5.41, 5.74) is 0. The summed E-state index contributed by atoms with van der Waals surface area (Å²) >= 11 is 0. The highest BCUT2D eigenvalue weighted by Gasteiger charge is 2.23. The van der Waals surface area contributed by atoms with Crippen LogP contribution in [0.4, 0.5) is 4.39 Å². The van der Waals surface area contributed by atoms with Gasteiger partial charge in [0.25, 0.3) is 0 Å². The normalized spacial score (nSPS) is 35.8. The molecule has 0 bridgehead atoms. The van der Waals surface area contributed by atoms with Crippen LogP contribution in [-0.2, 0) is 0 Å². The van der Waals surface area contributed by atoms with Gasteiger partial charge in [-0.25, -0.2) is 4.39 Å². The smallest absolute Gasteiger partial charge is 0.100 e. The Morgan fingerprint density at radius 2 is 1.29 bits per heavy atom. The molecular formula is C12H22FN. The Labute approximate surface area is 86.5 Å². The standard InChI is InChI=1S/C12H22FN/c13-10-6-8-12(9-7-10)14-11-4-2-1-3-5-11/h10-12,14H,1-9H2. The molecule has 0 aliphatic heterocycles. The lowest BCUT2D eigenvalue weighted by atomic mass is 9.90. The van der Waals surface area contributed by atoms with Crippen LogP contribution in [0.2, 0.25) is 0 Å². The van der Waals surface area contributed by atoms with Crippen molar-refractivity contribution in [3.8, 4) is 0 Å². The van der Waals surface area contributed by atoms with Gasteiger partial charge in [-0.1, -0.05) is 19.3 Å². The minimum absolute atomic E-state index is 0.514. The van der Waals surface area contributed by atoms with E-state index in [1.54, 1.807) is 0 Å². The Morgan fingerprint density at radius 3 is 1.93 bits per heavy atom. The lowest BCUT2D eigenvalue weighted by molar-refractivity contribution is 0.204. The largest absolute Gasteiger partial charge is 0.311 e. The van der Waals surface area contributed by atoms with Crippen LogP contribution in [-0.4, -0.2) is 18.3 Å². The molecule has 1 N–H and O–H groups in total. The molecule has 2 aliphatic rings. The van der Waals surface area contributed by atoms with Crippen LogP contribution in [0.15, 0.2) is 0 Å². The van der Waals surface area contributed by atoms with Gasteiger partial charge in [-0.15, -0.1) is 0 Å². The Bertz CT molecular complexity index is 158. The average Bonchev–Trinajstić information content (AvgIpc) is 2.23. The van der Waals surface area contributed by atoms with Gasteiger partial charge in [0.15, 0.2) is 0 Å². The summed E-state index contributed by atoms with van der Waals surface area (Å²) in [5, 5.41) is 3.71. The first-order valence-electron chi connectivity index (χ1n) is 6.25. The summed E-state index contributed by atoms with van der Waals surface area (Å²) in [7, 11) is 0. The van der Waals surface area contributed by atoms with Crippen LogP contribution in [0, 0.1) is 0 Å². The highest BCUT2D eigenvalue weighted by Crippen LogP contribution is 2.24. The van der Waals surface area contributed by atoms with Crippen LogP contribution in [0.1, 0.15) is 57.8 Å². The van der Waals surface area contributed by atoms with Gasteiger partial charge < -0.3 is 5.32 Å². The van der Waals surface area contributed by atoms with Gasteiger partial charge in [-0.2, -0.15) is 0 Å². The third-order valence-corrected chi connectivity index (χ3v) is 3.73. The maximum Gasteiger partial charge on any atom is 0.100 e. The quantitative estimate of drug-likeness (QED) is 0.720. The molecule has 2 rings (SSSR count). The van der Waals surface area contributed by atoms with Crippen LogP contribution < -0.4 is 5.32 Å². The zero-order valence-electron chi connectivity index (χ0n) is 8.97. The van der Waals surface area contributed by atoms with Crippen molar-refractivity contribution in [3.05, 3.63) is 0 Å². The van der Waals surface area contributed by atoms with Gasteiger partial charge >= 0.3 is 0 Å². The lowest BCUT2D eigenvalue weighted by Gasteiger charge is -2.31. The SMILES string of the molecule is FC1CCC(NC2CCCCC2)CC1. The van der Waals surface area contributed by atoms with Gasteiger partial charge in [0.05, 0.1) is 0 Å². The maximum absolute atomic E-state index is 12.9. The molecule has 2 heteroatoms. The first-order valence-corrected chi connectivity index (χ1v) is 6.25. The van der Waals surface area contributed by atoms with E-state index in [-0.39, 0.29) is 0 Å². The highest BCUT2D eigenvalue weighted by atomic mass is 19.1. The number of rotatable bonds is 2. The van der Waals surface area contributed by atoms with E-state index in [0.29, 0.717) is 6.04 Å². The van der Waals surface area contributed by atoms with E-state index in [9.17, 15) is 4.39 Å². The summed E-state index contributed by atoms with van der Waals surface area (Å²) in [6, 6.07) is 1.36. The molecule has 0 radical (unpaired) electrons. The molecule has 0 atom stereocenters. The minimum atomic E-state index is -0.514. The third-order valence-electron chi connectivity index (χ3n) is 3.73. The van der Waals surface area contributed by atoms with E-state index in [2.05, 4.69) is 5.32 Å². The first-order chi connectivity index (χ1) is 6.84. The lowest BCUT2D eigenvalue weighted by Crippen LogP contribution is -2.41. The fourth-order valence-corrected chi connectivity index (χ4v) is 2.82. The average molecular weight is 199 g/mol. The summed E-state index contributed by atoms with van der Waals surface area (Å²) in [6.45, 7) is 0. The molecule has 0 heterocycles. The molecular weight excluding hydrogens is 177 g/mol. The van der Waals surface area contributed by atoms with Gasteiger partial charge in [0.1, 0.15) is 6.17 Å². The monoisotopic (exact) mass is 199 g/mol. The van der Waals surface area contributed by atoms with E-state index in [1.807, 2.05) is 0 Å². The van der Waals surface area contributed by atoms with Crippen molar-refractivity contribution < 1.29 is 4.39 Å². The Kier molecular flexibility index (Phi) is 3.80. The van der Waals surface area contributed by atoms with Crippen LogP contribution >= 0.6 is 0 Å². The fourth-order valence-electron chi connectivity index (χ4n) is 2.82. The van der Waals surface area contributed by atoms with Crippen molar-refractivity contribution in [2.75, 3.05) is 0 Å². The molecule has 0 unspecified atom stereocenters. The van der Waals surface area contributed by atoms with Crippen LogP contribution in [0.3, 0.4) is 0 Å². The van der Waals surface area contributed by atoms with Gasteiger partial charge in [-0.3, -0.25) is 0 Å². The molecule has 2 fully saturated rings. The second-order valence-electron chi connectivity index (χ2n) is 4.95. The number of hydrogen-bond acceptors (Lipinski definition) is 1. The second kappa shape index (κ2) is 5.11. The molecule has 2 saturated carbocycles. The fraction of sp³-hybridized carbons (Fsp3) is 1.00. The summed E-state index contributed by atoms with van der Waals surface area (Å²) < 4.78 is 12.9. The zero-order chi connectivity index (χ0) is 9.80. The number of alkyl halides is 1. The van der Waals surface area contributed by atoms with Crippen molar-refractivity contribution in [1.29, 1.82) is 0 Å². The third kappa shape index (κ3) is 2.94. The second-order valence-corrected chi connectivity index (χ2v) is 4.95. The van der Waals surface area contributed by atoms with Gasteiger partial charge in [0.2, 0.25) is 0 Å². The molecule has 0 amide bonds. The van der Waals surface area contributed by atoms with Crippen molar-refractivity contribution >= 4 is 0 Å². The molecule has 0 aromatic heterocycles. The highest BCUT2D eigenvalue weighted by molar-refractivity contribution is 4.81. The molecule has 0 saturated heterocycles. The Hall–Kier alpha value is -0.110. The number of nitrogens with one attached hydrogen (secondary N) is 1. The predicted octanol–water partition coefficient (Wildman–Crippen LogP) is 3.19. The van der Waals surface area contributed by atoms with Gasteiger partial charge in [-0.05, 0) is 38.5 Å². The predicted molar refractivity (Wildman–Crippen MR) is 57.2 cm³/mol. The Balaban J connectivity index is 1.68.